The fourth-order valence-electron chi connectivity index (χ4n) is 2.16. The van der Waals surface area contributed by atoms with Crippen LogP contribution in [-0.4, -0.2) is 29.2 Å². The third-order valence-corrected chi connectivity index (χ3v) is 3.15. The van der Waals surface area contributed by atoms with E-state index in [4.69, 9.17) is 9.47 Å². The molecule has 0 unspecified atom stereocenters. The lowest BCUT2D eigenvalue weighted by atomic mass is 10.1. The summed E-state index contributed by atoms with van der Waals surface area (Å²) in [7, 11) is 3.09. The second-order valence-corrected chi connectivity index (χ2v) is 4.29. The summed E-state index contributed by atoms with van der Waals surface area (Å²) < 4.78 is 24.4. The van der Waals surface area contributed by atoms with Gasteiger partial charge in [-0.1, -0.05) is 0 Å². The lowest BCUT2D eigenvalue weighted by Crippen LogP contribution is -1.96. The molecule has 5 nitrogen and oxygen atoms in total. The normalized spacial score (nSPS) is 10.6. The molecular formula is C15H12FN3O2. The zero-order valence-electron chi connectivity index (χ0n) is 11.5. The summed E-state index contributed by atoms with van der Waals surface area (Å²) in [5.74, 6) is 0.513. The number of aromatic nitrogens is 3. The van der Waals surface area contributed by atoms with Gasteiger partial charge in [0.25, 0.3) is 0 Å². The Kier molecular flexibility index (Phi) is 3.35. The molecule has 0 aliphatic rings. The Balaban J connectivity index is 2.32. The van der Waals surface area contributed by atoms with Gasteiger partial charge in [0, 0.05) is 17.6 Å². The van der Waals surface area contributed by atoms with Crippen molar-refractivity contribution in [1.29, 1.82) is 0 Å². The zero-order chi connectivity index (χ0) is 14.8. The highest BCUT2D eigenvalue weighted by Crippen LogP contribution is 2.35. The van der Waals surface area contributed by atoms with Crippen LogP contribution in [0.1, 0.15) is 0 Å². The lowest BCUT2D eigenvalue weighted by molar-refractivity contribution is 0.356. The molecule has 0 saturated heterocycles. The molecule has 106 valence electrons. The van der Waals surface area contributed by atoms with Crippen LogP contribution in [0.4, 0.5) is 4.39 Å². The summed E-state index contributed by atoms with van der Waals surface area (Å²) in [4.78, 5) is 12.0. The minimum absolute atomic E-state index is 0.317. The molecule has 0 radical (unpaired) electrons. The molecule has 21 heavy (non-hydrogen) atoms. The number of benzene rings is 1. The summed E-state index contributed by atoms with van der Waals surface area (Å²) in [6.07, 6.45) is 2.78. The van der Waals surface area contributed by atoms with E-state index in [1.54, 1.807) is 31.4 Å². The number of rotatable bonds is 3. The summed E-state index contributed by atoms with van der Waals surface area (Å²) in [5, 5.41) is 0.669. The highest BCUT2D eigenvalue weighted by atomic mass is 19.1. The molecule has 0 aliphatic carbocycles. The van der Waals surface area contributed by atoms with Crippen LogP contribution >= 0.6 is 0 Å². The van der Waals surface area contributed by atoms with Crippen LogP contribution in [0.5, 0.6) is 11.5 Å². The predicted molar refractivity (Wildman–Crippen MR) is 75.8 cm³/mol. The highest BCUT2D eigenvalue weighted by molar-refractivity contribution is 5.94. The van der Waals surface area contributed by atoms with Gasteiger partial charge < -0.3 is 9.47 Å². The van der Waals surface area contributed by atoms with E-state index in [1.807, 2.05) is 0 Å². The van der Waals surface area contributed by atoms with Gasteiger partial charge in [0.2, 0.25) is 5.95 Å². The van der Waals surface area contributed by atoms with E-state index in [1.165, 1.54) is 19.6 Å². The van der Waals surface area contributed by atoms with Crippen molar-refractivity contribution in [1.82, 2.24) is 15.0 Å². The van der Waals surface area contributed by atoms with Crippen LogP contribution in [0.3, 0.4) is 0 Å². The van der Waals surface area contributed by atoms with E-state index in [2.05, 4.69) is 15.0 Å². The number of hydrogen-bond acceptors (Lipinski definition) is 5. The molecule has 2 aromatic heterocycles. The van der Waals surface area contributed by atoms with Gasteiger partial charge in [-0.3, -0.25) is 0 Å². The van der Waals surface area contributed by atoms with E-state index in [9.17, 15) is 4.39 Å². The first kappa shape index (κ1) is 13.2. The van der Waals surface area contributed by atoms with Crippen LogP contribution in [0, 0.1) is 5.95 Å². The summed E-state index contributed by atoms with van der Waals surface area (Å²) in [6, 6.07) is 6.75. The van der Waals surface area contributed by atoms with Crippen molar-refractivity contribution in [3.63, 3.8) is 0 Å². The molecule has 0 aliphatic heterocycles. The van der Waals surface area contributed by atoms with Crippen LogP contribution in [0.15, 0.2) is 36.8 Å². The third kappa shape index (κ3) is 2.24. The van der Waals surface area contributed by atoms with Gasteiger partial charge in [-0.25, -0.2) is 15.0 Å². The van der Waals surface area contributed by atoms with Crippen molar-refractivity contribution in [2.45, 2.75) is 0 Å². The number of hydrogen-bond donors (Lipinski definition) is 0. The molecule has 3 rings (SSSR count). The van der Waals surface area contributed by atoms with Gasteiger partial charge in [0.1, 0.15) is 6.33 Å². The van der Waals surface area contributed by atoms with Gasteiger partial charge in [0.15, 0.2) is 11.5 Å². The molecule has 0 fully saturated rings. The molecule has 1 aromatic carbocycles. The topological polar surface area (TPSA) is 57.1 Å². The maximum atomic E-state index is 13.9. The standard InChI is InChI=1S/C15H12FN3O2/c1-20-12-6-10-11(7-13(12)21-2)18-8-19-14(10)9-4-3-5-17-15(9)16/h3-8H,1-2H3. The predicted octanol–water partition coefficient (Wildman–Crippen LogP) is 2.85. The molecule has 0 bridgehead atoms. The van der Waals surface area contributed by atoms with Crippen molar-refractivity contribution in [3.8, 4) is 22.8 Å². The molecule has 0 saturated carbocycles. The molecule has 2 heterocycles. The Hall–Kier alpha value is -2.76. The summed E-state index contributed by atoms with van der Waals surface area (Å²) in [6.45, 7) is 0. The van der Waals surface area contributed by atoms with Gasteiger partial charge in [0.05, 0.1) is 31.0 Å². The largest absolute Gasteiger partial charge is 0.493 e. The Bertz CT molecular complexity index is 808. The van der Waals surface area contributed by atoms with E-state index in [0.717, 1.165) is 0 Å². The molecule has 0 atom stereocenters. The number of methoxy groups -OCH3 is 2. The number of halogens is 1. The van der Waals surface area contributed by atoms with Crippen molar-refractivity contribution in [2.75, 3.05) is 14.2 Å². The van der Waals surface area contributed by atoms with Gasteiger partial charge in [-0.15, -0.1) is 0 Å². The van der Waals surface area contributed by atoms with Crippen molar-refractivity contribution < 1.29 is 13.9 Å². The summed E-state index contributed by atoms with van der Waals surface area (Å²) in [5.41, 5.74) is 1.42. The first-order chi connectivity index (χ1) is 10.2. The minimum Gasteiger partial charge on any atom is -0.493 e. The number of nitrogens with zero attached hydrogens (tertiary/aromatic N) is 3. The van der Waals surface area contributed by atoms with Crippen LogP contribution in [-0.2, 0) is 0 Å². The lowest BCUT2D eigenvalue weighted by Gasteiger charge is -2.11. The number of pyridine rings is 1. The quantitative estimate of drug-likeness (QED) is 0.693. The Morgan fingerprint density at radius 2 is 1.76 bits per heavy atom. The van der Waals surface area contributed by atoms with Gasteiger partial charge in [-0.05, 0) is 18.2 Å². The Morgan fingerprint density at radius 3 is 2.48 bits per heavy atom. The average Bonchev–Trinajstić information content (AvgIpc) is 2.53. The third-order valence-electron chi connectivity index (χ3n) is 3.15. The summed E-state index contributed by atoms with van der Waals surface area (Å²) >= 11 is 0. The highest BCUT2D eigenvalue weighted by Gasteiger charge is 2.14. The van der Waals surface area contributed by atoms with Crippen molar-refractivity contribution >= 4 is 10.9 Å². The molecule has 0 N–H and O–H groups in total. The molecule has 0 amide bonds. The Morgan fingerprint density at radius 1 is 1.00 bits per heavy atom. The fourth-order valence-corrected chi connectivity index (χ4v) is 2.16. The first-order valence-corrected chi connectivity index (χ1v) is 6.22. The molecule has 6 heteroatoms. The minimum atomic E-state index is -0.577. The zero-order valence-corrected chi connectivity index (χ0v) is 11.5. The monoisotopic (exact) mass is 285 g/mol. The fraction of sp³-hybridized carbons (Fsp3) is 0.133. The maximum Gasteiger partial charge on any atom is 0.222 e. The molecular weight excluding hydrogens is 273 g/mol. The van der Waals surface area contributed by atoms with E-state index in [0.29, 0.717) is 33.7 Å². The number of ether oxygens (including phenoxy) is 2. The van der Waals surface area contributed by atoms with Crippen LogP contribution in [0.2, 0.25) is 0 Å². The van der Waals surface area contributed by atoms with Gasteiger partial charge in [-0.2, -0.15) is 4.39 Å². The van der Waals surface area contributed by atoms with Crippen LogP contribution < -0.4 is 9.47 Å². The molecule has 0 spiro atoms. The maximum absolute atomic E-state index is 13.9. The van der Waals surface area contributed by atoms with E-state index < -0.39 is 5.95 Å². The average molecular weight is 285 g/mol. The first-order valence-electron chi connectivity index (χ1n) is 6.22. The van der Waals surface area contributed by atoms with Crippen LogP contribution in [0.25, 0.3) is 22.2 Å². The van der Waals surface area contributed by atoms with E-state index >= 15 is 0 Å². The van der Waals surface area contributed by atoms with Crippen molar-refractivity contribution in [2.24, 2.45) is 0 Å². The Labute approximate surface area is 120 Å². The molecule has 3 aromatic rings. The SMILES string of the molecule is COc1cc2ncnc(-c3cccnc3F)c2cc1OC. The number of fused-ring (bicyclic) bond motifs is 1. The van der Waals surface area contributed by atoms with Gasteiger partial charge >= 0.3 is 0 Å². The van der Waals surface area contributed by atoms with Crippen molar-refractivity contribution in [3.05, 3.63) is 42.7 Å². The second kappa shape index (κ2) is 5.32. The smallest absolute Gasteiger partial charge is 0.222 e. The van der Waals surface area contributed by atoms with E-state index in [-0.39, 0.29) is 0 Å². The second-order valence-electron chi connectivity index (χ2n) is 4.29.